The molecule has 2 unspecified atom stereocenters. The van der Waals surface area contributed by atoms with E-state index in [2.05, 4.69) is 65.3 Å². The minimum Gasteiger partial charge on any atom is -0.462 e. The third kappa shape index (κ3) is 76.3. The molecule has 2 N–H and O–H groups in total. The highest BCUT2D eigenvalue weighted by Gasteiger charge is 2.32. The molecule has 0 saturated heterocycles. The Morgan fingerprint density at radius 2 is 0.513 bits per heavy atom. The molecule has 0 bridgehead atoms. The molecule has 0 fully saturated rings. The second-order valence-corrected chi connectivity index (χ2v) is 34.8. The van der Waals surface area contributed by atoms with Crippen LogP contribution in [0.5, 0.6) is 0 Å². The van der Waals surface area contributed by atoms with Gasteiger partial charge in [-0.1, -0.05) is 336 Å². The van der Waals surface area contributed by atoms with Crippen LogP contribution in [0.3, 0.4) is 0 Å². The van der Waals surface area contributed by atoms with Crippen LogP contribution in [-0.4, -0.2) is 139 Å². The number of carbonyl (C=O) groups is 6. The maximum absolute atomic E-state index is 14.1. The van der Waals surface area contributed by atoms with E-state index < -0.39 is 71.2 Å². The van der Waals surface area contributed by atoms with E-state index in [0.29, 0.717) is 51.4 Å². The van der Waals surface area contributed by atoms with E-state index in [1.165, 1.54) is 179 Å². The Morgan fingerprint density at radius 3 is 0.765 bits per heavy atom. The van der Waals surface area contributed by atoms with Gasteiger partial charge in [-0.2, -0.15) is 0 Å². The second-order valence-electron chi connectivity index (χ2n) is 31.5. The summed E-state index contributed by atoms with van der Waals surface area (Å²) < 4.78 is 98.3. The maximum Gasteiger partial charge on any atom is 0.475 e. The van der Waals surface area contributed by atoms with Crippen molar-refractivity contribution in [1.29, 1.82) is 0 Å². The summed E-state index contributed by atoms with van der Waals surface area (Å²) in [4.78, 5) is 79.1. The van der Waals surface area contributed by atoms with Gasteiger partial charge in [0, 0.05) is 51.6 Å². The van der Waals surface area contributed by atoms with Crippen LogP contribution >= 0.6 is 15.6 Å². The topological polar surface area (TPSA) is 271 Å². The second kappa shape index (κ2) is 84.1. The van der Waals surface area contributed by atoms with Crippen LogP contribution in [0.2, 0.25) is 0 Å². The zero-order valence-corrected chi connectivity index (χ0v) is 75.9. The van der Waals surface area contributed by atoms with Crippen LogP contribution in [0.4, 0.5) is 0 Å². The Bertz CT molecular complexity index is 2230. The van der Waals surface area contributed by atoms with E-state index in [4.69, 9.17) is 55.6 Å². The average Bonchev–Trinajstić information content (AvgIpc) is 0.888. The van der Waals surface area contributed by atoms with Gasteiger partial charge in [0.1, 0.15) is 30.8 Å². The molecule has 676 valence electrons. The summed E-state index contributed by atoms with van der Waals surface area (Å²) in [7, 11) is -8.78. The van der Waals surface area contributed by atoms with Crippen molar-refractivity contribution >= 4 is 51.3 Å². The monoisotopic (exact) mass is 1680 g/mol. The van der Waals surface area contributed by atoms with Crippen molar-refractivity contribution in [2.24, 2.45) is 0 Å². The van der Waals surface area contributed by atoms with Crippen molar-refractivity contribution < 1.29 is 93.5 Å². The highest BCUT2D eigenvalue weighted by atomic mass is 31.2. The van der Waals surface area contributed by atoms with Gasteiger partial charge in [0.05, 0.1) is 66.1 Å². The summed E-state index contributed by atoms with van der Waals surface area (Å²) in [6, 6.07) is 0. The first-order valence-electron chi connectivity index (χ1n) is 46.8. The van der Waals surface area contributed by atoms with E-state index in [9.17, 15) is 37.9 Å². The van der Waals surface area contributed by atoms with Gasteiger partial charge in [-0.3, -0.25) is 55.9 Å². The lowest BCUT2D eigenvalue weighted by molar-refractivity contribution is -0.156. The van der Waals surface area contributed by atoms with Crippen LogP contribution in [0.25, 0.3) is 0 Å². The number of carbonyl (C=O) groups excluding carboxylic acids is 6. The van der Waals surface area contributed by atoms with Crippen LogP contribution in [0.15, 0.2) is 25.3 Å². The minimum absolute atomic E-state index is 0.112. The maximum atomic E-state index is 14.1. The van der Waals surface area contributed by atoms with Crippen molar-refractivity contribution in [3.8, 4) is 0 Å². The lowest BCUT2D eigenvalue weighted by Crippen LogP contribution is -2.34. The molecule has 22 nitrogen and oxygen atoms in total. The number of hydrogen-bond donors (Lipinski definition) is 2. The molecule has 0 radical (unpaired) electrons. The number of ether oxygens (including phenoxy) is 6. The van der Waals surface area contributed by atoms with Gasteiger partial charge in [-0.25, -0.2) is 9.13 Å². The smallest absolute Gasteiger partial charge is 0.462 e. The molecule has 0 saturated carbocycles. The lowest BCUT2D eigenvalue weighted by atomic mass is 10.1. The Labute approximate surface area is 701 Å². The number of phosphoric acid groups is 2. The van der Waals surface area contributed by atoms with Crippen LogP contribution in [0.1, 0.15) is 420 Å². The molecule has 0 spiro atoms. The zero-order chi connectivity index (χ0) is 84.3. The predicted molar refractivity (Wildman–Crippen MR) is 465 cm³/mol. The lowest BCUT2D eigenvalue weighted by Gasteiger charge is -2.23. The van der Waals surface area contributed by atoms with Crippen molar-refractivity contribution in [3.63, 3.8) is 0 Å². The molecule has 0 aromatic carbocycles. The average molecular weight is 1680 g/mol. The van der Waals surface area contributed by atoms with E-state index in [1.807, 2.05) is 0 Å². The highest BCUT2D eigenvalue weighted by molar-refractivity contribution is 7.48. The van der Waals surface area contributed by atoms with Gasteiger partial charge in [-0.15, -0.1) is 13.2 Å². The first-order chi connectivity index (χ1) is 56.0. The number of esters is 4. The largest absolute Gasteiger partial charge is 0.475 e. The Hall–Kier alpha value is -3.56. The number of nitrogens with one attached hydrogen (secondary N) is 2. The van der Waals surface area contributed by atoms with E-state index in [-0.39, 0.29) is 103 Å². The van der Waals surface area contributed by atoms with Crippen LogP contribution in [0, 0.1) is 0 Å². The highest BCUT2D eigenvalue weighted by Crippen LogP contribution is 2.50. The van der Waals surface area contributed by atoms with E-state index in [0.717, 1.165) is 141 Å². The summed E-state index contributed by atoms with van der Waals surface area (Å²) in [6.07, 6.45) is 59.0. The Balaban J connectivity index is 5.92. The molecule has 6 atom stereocenters. The molecule has 0 aliphatic carbocycles. The molecule has 0 aromatic heterocycles. The predicted octanol–water partition coefficient (Wildman–Crippen LogP) is 24.7. The minimum atomic E-state index is -4.39. The van der Waals surface area contributed by atoms with Gasteiger partial charge in [0.2, 0.25) is 11.8 Å². The SMILES string of the molecule is C=CCOP(=O)(OCCNC(=O)CC(=O)NCCOP(=O)(OCC=C)OC[C@H](COCC[C@H](CCCCCCC)OC(=O)CCCCCCCCCCC)OC(=O)CCCCCCCCCCCCC)OC[C@H](COCC[C@@H](CCCCCCC)OC(=O)CCCCCCCCCCC)OC(=O)CCCCCCCCCCCCC. The third-order valence-electron chi connectivity index (χ3n) is 20.4. The quantitative estimate of drug-likeness (QED) is 0.0143. The number of unbranched alkanes of at least 4 members (excludes halogenated alkanes) is 44. The number of amides is 2. The van der Waals surface area contributed by atoms with Crippen molar-refractivity contribution in [1.82, 2.24) is 10.6 Å². The summed E-state index contributed by atoms with van der Waals surface area (Å²) in [5.41, 5.74) is 0. The van der Waals surface area contributed by atoms with Crippen molar-refractivity contribution in [2.75, 3.05) is 79.2 Å². The normalized spacial score (nSPS) is 13.6. The first kappa shape index (κ1) is 111. The van der Waals surface area contributed by atoms with Gasteiger partial charge >= 0.3 is 39.5 Å². The molecule has 0 aliphatic heterocycles. The number of rotatable bonds is 92. The summed E-state index contributed by atoms with van der Waals surface area (Å²) in [5.74, 6) is -2.71. The Morgan fingerprint density at radius 1 is 0.278 bits per heavy atom. The molecule has 115 heavy (non-hydrogen) atoms. The van der Waals surface area contributed by atoms with Crippen LogP contribution < -0.4 is 10.6 Å². The fourth-order valence-corrected chi connectivity index (χ4v) is 15.8. The molecular formula is C91H172N2O20P2. The number of hydrogen-bond acceptors (Lipinski definition) is 20. The summed E-state index contributed by atoms with van der Waals surface area (Å²) in [5, 5.41) is 5.12. The molecule has 0 rings (SSSR count). The van der Waals surface area contributed by atoms with E-state index in [1.54, 1.807) is 0 Å². The fraction of sp³-hybridized carbons (Fsp3) is 0.890. The van der Waals surface area contributed by atoms with Crippen molar-refractivity contribution in [3.05, 3.63) is 25.3 Å². The van der Waals surface area contributed by atoms with Gasteiger partial charge < -0.3 is 39.1 Å². The molecule has 24 heteroatoms. The van der Waals surface area contributed by atoms with Gasteiger partial charge in [-0.05, 0) is 51.4 Å². The van der Waals surface area contributed by atoms with E-state index >= 15 is 0 Å². The molecule has 0 aliphatic rings. The van der Waals surface area contributed by atoms with Gasteiger partial charge in [0.25, 0.3) is 0 Å². The number of phosphoric ester groups is 2. The van der Waals surface area contributed by atoms with Crippen LogP contribution in [-0.2, 0) is 93.5 Å². The third-order valence-corrected chi connectivity index (χ3v) is 23.2. The summed E-state index contributed by atoms with van der Waals surface area (Å²) >= 11 is 0. The fourth-order valence-electron chi connectivity index (χ4n) is 13.4. The molecular weight excluding hydrogens is 1500 g/mol. The van der Waals surface area contributed by atoms with Gasteiger partial charge in [0.15, 0.2) is 0 Å². The molecule has 2 amide bonds. The van der Waals surface area contributed by atoms with Crippen molar-refractivity contribution in [2.45, 2.75) is 445 Å². The molecule has 0 aromatic rings. The summed E-state index contributed by atoms with van der Waals surface area (Å²) in [6.45, 7) is 18.3. The zero-order valence-electron chi connectivity index (χ0n) is 74.1. The standard InChI is InChI=1S/C91H172N2O20P2/c1-9-17-23-29-33-37-39-43-47-53-59-65-90(98)112-84(78-102-73-67-82(61-55-49-27-21-13-5)110-88(96)63-57-51-45-41-35-31-25-19-11-3)80-108-114(100,104-71-15-7)106-75-69-92-86(94)77-87(95)93-70-76-107-115(101,105-72-16-8)109-81-85(113-91(99)66-60-54-48-44-40-38-34-30-24-18-10-2)79-103-74-68-83(62-56-50-28-22-14-6)111-89(97)64-58-52-46-42-36-32-26-20-12-4/h15-16,82-85H,7-14,17-81H2,1-6H3,(H,92,94)(H,93,95)/t82-,83+,84-,85-,114?,115?/m0/s1. The first-order valence-corrected chi connectivity index (χ1v) is 49.7. The Kier molecular flexibility index (Phi) is 81.5. The molecule has 0 heterocycles.